The SMILES string of the molecule is NC(=O)[C@H]1CCCN1C(=O)CCC(=O)[O-]. The maximum absolute atomic E-state index is 11.5. The molecule has 6 heteroatoms. The van der Waals surface area contributed by atoms with Gasteiger partial charge in [0, 0.05) is 18.9 Å². The number of carbonyl (C=O) groups excluding carboxylic acids is 3. The number of hydrogen-bond donors (Lipinski definition) is 1. The molecule has 2 N–H and O–H groups in total. The Hall–Kier alpha value is -1.59. The topological polar surface area (TPSA) is 104 Å². The molecule has 0 aromatic rings. The minimum absolute atomic E-state index is 0.133. The van der Waals surface area contributed by atoms with Gasteiger partial charge in [-0.1, -0.05) is 0 Å². The quantitative estimate of drug-likeness (QED) is 0.582. The molecule has 1 fully saturated rings. The first-order chi connectivity index (χ1) is 7.02. The molecule has 1 atom stereocenters. The Kier molecular flexibility index (Phi) is 3.65. The zero-order valence-electron chi connectivity index (χ0n) is 8.27. The van der Waals surface area contributed by atoms with E-state index in [4.69, 9.17) is 5.73 Å². The van der Waals surface area contributed by atoms with E-state index in [1.54, 1.807) is 0 Å². The molecule has 1 aliphatic rings. The first-order valence-electron chi connectivity index (χ1n) is 4.81. The Bertz CT molecular complexity index is 290. The summed E-state index contributed by atoms with van der Waals surface area (Å²) < 4.78 is 0. The van der Waals surface area contributed by atoms with Gasteiger partial charge in [-0.25, -0.2) is 0 Å². The zero-order chi connectivity index (χ0) is 11.4. The lowest BCUT2D eigenvalue weighted by Crippen LogP contribution is -2.44. The van der Waals surface area contributed by atoms with Crippen LogP contribution in [0.25, 0.3) is 0 Å². The third-order valence-electron chi connectivity index (χ3n) is 2.44. The van der Waals surface area contributed by atoms with Gasteiger partial charge in [0.15, 0.2) is 0 Å². The summed E-state index contributed by atoms with van der Waals surface area (Å²) in [6, 6.07) is -0.570. The van der Waals surface area contributed by atoms with Crippen LogP contribution in [0.1, 0.15) is 25.7 Å². The van der Waals surface area contributed by atoms with Crippen LogP contribution in [0.4, 0.5) is 0 Å². The zero-order valence-corrected chi connectivity index (χ0v) is 8.27. The Morgan fingerprint density at radius 3 is 2.53 bits per heavy atom. The first-order valence-corrected chi connectivity index (χ1v) is 4.81. The van der Waals surface area contributed by atoms with Crippen molar-refractivity contribution in [3.63, 3.8) is 0 Å². The Labute approximate surface area is 87.0 Å². The molecular formula is C9H13N2O4-. The maximum atomic E-state index is 11.5. The van der Waals surface area contributed by atoms with E-state index in [0.717, 1.165) is 6.42 Å². The van der Waals surface area contributed by atoms with Gasteiger partial charge in [0.05, 0.1) is 0 Å². The van der Waals surface area contributed by atoms with Gasteiger partial charge < -0.3 is 20.5 Å². The summed E-state index contributed by atoms with van der Waals surface area (Å²) in [5.74, 6) is -2.15. The minimum atomic E-state index is -1.27. The highest BCUT2D eigenvalue weighted by molar-refractivity contribution is 5.88. The van der Waals surface area contributed by atoms with E-state index in [0.29, 0.717) is 13.0 Å². The summed E-state index contributed by atoms with van der Waals surface area (Å²) in [5, 5.41) is 10.2. The third-order valence-corrected chi connectivity index (χ3v) is 2.44. The van der Waals surface area contributed by atoms with Crippen molar-refractivity contribution in [2.75, 3.05) is 6.54 Å². The normalized spacial score (nSPS) is 20.3. The standard InChI is InChI=1S/C9H14N2O4/c10-9(15)6-2-1-5-11(6)7(12)3-4-8(13)14/h6H,1-5H2,(H2,10,15)(H,13,14)/p-1/t6-/m1/s1. The number of carboxylic acids is 1. The van der Waals surface area contributed by atoms with Gasteiger partial charge >= 0.3 is 0 Å². The number of rotatable bonds is 4. The van der Waals surface area contributed by atoms with Crippen LogP contribution in [0.2, 0.25) is 0 Å². The number of aliphatic carboxylic acids is 1. The van der Waals surface area contributed by atoms with Crippen LogP contribution in [-0.2, 0) is 14.4 Å². The number of primary amides is 1. The number of carboxylic acid groups (broad SMARTS) is 1. The molecule has 6 nitrogen and oxygen atoms in total. The van der Waals surface area contributed by atoms with E-state index in [2.05, 4.69) is 0 Å². The van der Waals surface area contributed by atoms with Crippen LogP contribution in [0.15, 0.2) is 0 Å². The number of nitrogens with zero attached hydrogens (tertiary/aromatic N) is 1. The molecule has 0 spiro atoms. The van der Waals surface area contributed by atoms with Gasteiger partial charge in [0.2, 0.25) is 11.8 Å². The molecule has 0 bridgehead atoms. The van der Waals surface area contributed by atoms with Gasteiger partial charge in [-0.15, -0.1) is 0 Å². The molecule has 15 heavy (non-hydrogen) atoms. The van der Waals surface area contributed by atoms with Gasteiger partial charge in [0.25, 0.3) is 0 Å². The summed E-state index contributed by atoms with van der Waals surface area (Å²) in [6.45, 7) is 0.472. The number of nitrogens with two attached hydrogens (primary N) is 1. The fourth-order valence-corrected chi connectivity index (χ4v) is 1.71. The van der Waals surface area contributed by atoms with Crippen LogP contribution < -0.4 is 10.8 Å². The summed E-state index contributed by atoms with van der Waals surface area (Å²) >= 11 is 0. The summed E-state index contributed by atoms with van der Waals surface area (Å²) in [4.78, 5) is 34.0. The largest absolute Gasteiger partial charge is 0.550 e. The van der Waals surface area contributed by atoms with Gasteiger partial charge in [0.1, 0.15) is 6.04 Å². The second-order valence-corrected chi connectivity index (χ2v) is 3.52. The van der Waals surface area contributed by atoms with Gasteiger partial charge in [-0.3, -0.25) is 9.59 Å². The molecule has 1 rings (SSSR count). The lowest BCUT2D eigenvalue weighted by molar-refractivity contribution is -0.305. The smallest absolute Gasteiger partial charge is 0.240 e. The second kappa shape index (κ2) is 4.77. The second-order valence-electron chi connectivity index (χ2n) is 3.52. The highest BCUT2D eigenvalue weighted by Gasteiger charge is 2.31. The summed E-state index contributed by atoms with van der Waals surface area (Å²) in [7, 11) is 0. The van der Waals surface area contributed by atoms with E-state index in [1.807, 2.05) is 0 Å². The molecule has 0 radical (unpaired) electrons. The van der Waals surface area contributed by atoms with E-state index < -0.39 is 17.9 Å². The van der Waals surface area contributed by atoms with Gasteiger partial charge in [-0.2, -0.15) is 0 Å². The lowest BCUT2D eigenvalue weighted by Gasteiger charge is -2.22. The molecule has 1 heterocycles. The molecule has 0 unspecified atom stereocenters. The molecule has 84 valence electrons. The van der Waals surface area contributed by atoms with Crippen molar-refractivity contribution in [2.45, 2.75) is 31.7 Å². The van der Waals surface area contributed by atoms with E-state index >= 15 is 0 Å². The highest BCUT2D eigenvalue weighted by atomic mass is 16.4. The monoisotopic (exact) mass is 213 g/mol. The van der Waals surface area contributed by atoms with Crippen molar-refractivity contribution in [3.8, 4) is 0 Å². The van der Waals surface area contributed by atoms with Crippen molar-refractivity contribution in [3.05, 3.63) is 0 Å². The fraction of sp³-hybridized carbons (Fsp3) is 0.667. The van der Waals surface area contributed by atoms with Crippen molar-refractivity contribution < 1.29 is 19.5 Å². The van der Waals surface area contributed by atoms with E-state index in [9.17, 15) is 19.5 Å². The summed E-state index contributed by atoms with van der Waals surface area (Å²) in [5.41, 5.74) is 5.12. The fourth-order valence-electron chi connectivity index (χ4n) is 1.71. The summed E-state index contributed by atoms with van der Waals surface area (Å²) in [6.07, 6.45) is 0.837. The van der Waals surface area contributed by atoms with Crippen molar-refractivity contribution in [1.82, 2.24) is 4.90 Å². The van der Waals surface area contributed by atoms with Crippen molar-refractivity contribution in [2.24, 2.45) is 5.73 Å². The number of likely N-dealkylation sites (tertiary alicyclic amines) is 1. The van der Waals surface area contributed by atoms with Gasteiger partial charge in [-0.05, 0) is 19.3 Å². The average Bonchev–Trinajstić information content (AvgIpc) is 2.62. The minimum Gasteiger partial charge on any atom is -0.550 e. The van der Waals surface area contributed by atoms with Crippen LogP contribution >= 0.6 is 0 Å². The van der Waals surface area contributed by atoms with Crippen LogP contribution in [0.3, 0.4) is 0 Å². The Morgan fingerprint density at radius 2 is 2.00 bits per heavy atom. The predicted octanol–water partition coefficient (Wildman–Crippen LogP) is -2.01. The third kappa shape index (κ3) is 2.93. The maximum Gasteiger partial charge on any atom is 0.240 e. The van der Waals surface area contributed by atoms with Crippen LogP contribution in [0.5, 0.6) is 0 Å². The number of amides is 2. The molecule has 0 aliphatic carbocycles. The predicted molar refractivity (Wildman–Crippen MR) is 48.2 cm³/mol. The van der Waals surface area contributed by atoms with Crippen molar-refractivity contribution >= 4 is 17.8 Å². The molecule has 1 saturated heterocycles. The Morgan fingerprint density at radius 1 is 1.33 bits per heavy atom. The molecule has 0 aromatic carbocycles. The average molecular weight is 213 g/mol. The van der Waals surface area contributed by atoms with Crippen molar-refractivity contribution in [1.29, 1.82) is 0 Å². The Balaban J connectivity index is 2.51. The molecule has 0 saturated carbocycles. The van der Waals surface area contributed by atoms with E-state index in [1.165, 1.54) is 4.90 Å². The molecule has 2 amide bonds. The van der Waals surface area contributed by atoms with Crippen LogP contribution in [0, 0.1) is 0 Å². The van der Waals surface area contributed by atoms with E-state index in [-0.39, 0.29) is 18.7 Å². The number of carbonyl (C=O) groups is 3. The van der Waals surface area contributed by atoms with Crippen LogP contribution in [-0.4, -0.2) is 35.3 Å². The molecule has 0 aromatic heterocycles. The lowest BCUT2D eigenvalue weighted by atomic mass is 10.2. The first kappa shape index (κ1) is 11.5. The highest BCUT2D eigenvalue weighted by Crippen LogP contribution is 2.18. The molecular weight excluding hydrogens is 200 g/mol. The molecule has 1 aliphatic heterocycles. The number of hydrogen-bond acceptors (Lipinski definition) is 4.